The van der Waals surface area contributed by atoms with E-state index in [9.17, 15) is 9.59 Å². The lowest BCUT2D eigenvalue weighted by molar-refractivity contribution is -0.139. The summed E-state index contributed by atoms with van der Waals surface area (Å²) in [5.41, 5.74) is 0. The van der Waals surface area contributed by atoms with Crippen LogP contribution in [0.25, 0.3) is 0 Å². The maximum Gasteiger partial charge on any atom is 0.326 e. The smallest absolute Gasteiger partial charge is 0.326 e. The molecule has 2 amide bonds. The van der Waals surface area contributed by atoms with Gasteiger partial charge in [-0.25, -0.2) is 9.59 Å². The molecule has 0 aromatic heterocycles. The molecule has 124 valence electrons. The van der Waals surface area contributed by atoms with Crippen molar-refractivity contribution >= 4 is 12.0 Å². The molecular weight excluding hydrogens is 274 g/mol. The zero-order valence-electron chi connectivity index (χ0n) is 13.7. The fraction of sp³-hybridized carbons (Fsp3) is 0.857. The molecule has 7 heteroatoms. The highest BCUT2D eigenvalue weighted by atomic mass is 16.5. The topological polar surface area (TPSA) is 90.9 Å². The SMILES string of the molecule is COCCC(NC(=O)NCCN(C(C)C)C(C)C)C(=O)O. The van der Waals surface area contributed by atoms with Crippen molar-refractivity contribution in [3.8, 4) is 0 Å². The van der Waals surface area contributed by atoms with Gasteiger partial charge in [0.15, 0.2) is 0 Å². The Morgan fingerprint density at radius 2 is 1.76 bits per heavy atom. The second kappa shape index (κ2) is 10.4. The van der Waals surface area contributed by atoms with E-state index in [4.69, 9.17) is 9.84 Å². The highest BCUT2D eigenvalue weighted by Crippen LogP contribution is 2.03. The van der Waals surface area contributed by atoms with E-state index in [-0.39, 0.29) is 13.0 Å². The predicted molar refractivity (Wildman–Crippen MR) is 81.4 cm³/mol. The van der Waals surface area contributed by atoms with Crippen molar-refractivity contribution in [2.75, 3.05) is 26.8 Å². The Morgan fingerprint density at radius 1 is 1.19 bits per heavy atom. The molecule has 1 atom stereocenters. The molecule has 0 saturated heterocycles. The zero-order valence-corrected chi connectivity index (χ0v) is 13.7. The summed E-state index contributed by atoms with van der Waals surface area (Å²) in [6.45, 7) is 9.89. The van der Waals surface area contributed by atoms with Crippen LogP contribution in [0.5, 0.6) is 0 Å². The quantitative estimate of drug-likeness (QED) is 0.557. The summed E-state index contributed by atoms with van der Waals surface area (Å²) in [5.74, 6) is -1.06. The van der Waals surface area contributed by atoms with Crippen LogP contribution in [0.3, 0.4) is 0 Å². The summed E-state index contributed by atoms with van der Waals surface area (Å²) in [7, 11) is 1.49. The van der Waals surface area contributed by atoms with Gasteiger partial charge in [-0.15, -0.1) is 0 Å². The number of carboxylic acid groups (broad SMARTS) is 1. The van der Waals surface area contributed by atoms with Crippen LogP contribution in [-0.2, 0) is 9.53 Å². The Kier molecular flexibility index (Phi) is 9.73. The van der Waals surface area contributed by atoms with Crippen molar-refractivity contribution in [1.29, 1.82) is 0 Å². The third-order valence-electron chi connectivity index (χ3n) is 3.20. The Morgan fingerprint density at radius 3 is 2.19 bits per heavy atom. The fourth-order valence-corrected chi connectivity index (χ4v) is 2.11. The van der Waals surface area contributed by atoms with E-state index in [0.717, 1.165) is 6.54 Å². The number of carboxylic acids is 1. The molecule has 0 aromatic rings. The molecule has 0 aliphatic heterocycles. The van der Waals surface area contributed by atoms with Gasteiger partial charge in [-0.05, 0) is 27.7 Å². The molecule has 0 radical (unpaired) electrons. The lowest BCUT2D eigenvalue weighted by Crippen LogP contribution is -2.49. The first-order valence-electron chi connectivity index (χ1n) is 7.31. The van der Waals surface area contributed by atoms with Crippen LogP contribution in [-0.4, -0.2) is 66.9 Å². The molecule has 0 spiro atoms. The second-order valence-corrected chi connectivity index (χ2v) is 5.50. The number of ether oxygens (including phenoxy) is 1. The van der Waals surface area contributed by atoms with Crippen molar-refractivity contribution in [2.45, 2.75) is 52.2 Å². The molecule has 0 aromatic carbocycles. The van der Waals surface area contributed by atoms with E-state index < -0.39 is 18.0 Å². The van der Waals surface area contributed by atoms with Crippen LogP contribution in [0, 0.1) is 0 Å². The fourth-order valence-electron chi connectivity index (χ4n) is 2.11. The van der Waals surface area contributed by atoms with Crippen molar-refractivity contribution in [2.24, 2.45) is 0 Å². The number of methoxy groups -OCH3 is 1. The van der Waals surface area contributed by atoms with Gasteiger partial charge in [0.05, 0.1) is 0 Å². The van der Waals surface area contributed by atoms with Crippen LogP contribution in [0.2, 0.25) is 0 Å². The van der Waals surface area contributed by atoms with Crippen LogP contribution in [0.15, 0.2) is 0 Å². The Labute approximate surface area is 127 Å². The zero-order chi connectivity index (χ0) is 16.4. The van der Waals surface area contributed by atoms with Crippen LogP contribution in [0.4, 0.5) is 4.79 Å². The molecule has 0 aliphatic carbocycles. The standard InChI is InChI=1S/C14H29N3O4/c1-10(2)17(11(3)4)8-7-15-14(20)16-12(13(18)19)6-9-21-5/h10-12H,6-9H2,1-5H3,(H,18,19)(H2,15,16,20). The summed E-state index contributed by atoms with van der Waals surface area (Å²) in [5, 5.41) is 14.1. The molecule has 0 bridgehead atoms. The normalized spacial score (nSPS) is 12.8. The molecular formula is C14H29N3O4. The van der Waals surface area contributed by atoms with Crippen molar-refractivity contribution < 1.29 is 19.4 Å². The summed E-state index contributed by atoms with van der Waals surface area (Å²) >= 11 is 0. The summed E-state index contributed by atoms with van der Waals surface area (Å²) in [6, 6.07) is -0.617. The maximum absolute atomic E-state index is 11.7. The highest BCUT2D eigenvalue weighted by Gasteiger charge is 2.19. The maximum atomic E-state index is 11.7. The largest absolute Gasteiger partial charge is 0.480 e. The van der Waals surface area contributed by atoms with E-state index in [1.54, 1.807) is 0 Å². The highest BCUT2D eigenvalue weighted by molar-refractivity contribution is 5.82. The molecule has 0 fully saturated rings. The number of hydrogen-bond donors (Lipinski definition) is 3. The third-order valence-corrected chi connectivity index (χ3v) is 3.20. The van der Waals surface area contributed by atoms with Gasteiger partial charge >= 0.3 is 12.0 Å². The molecule has 0 aliphatic rings. The predicted octanol–water partition coefficient (Wildman–Crippen LogP) is 0.894. The lowest BCUT2D eigenvalue weighted by Gasteiger charge is -2.30. The number of aliphatic carboxylic acids is 1. The number of hydrogen-bond acceptors (Lipinski definition) is 4. The Balaban J connectivity index is 4.15. The lowest BCUT2D eigenvalue weighted by atomic mass is 10.2. The summed E-state index contributed by atoms with van der Waals surface area (Å²) < 4.78 is 4.83. The number of amides is 2. The third kappa shape index (κ3) is 8.52. The molecule has 1 unspecified atom stereocenters. The van der Waals surface area contributed by atoms with Gasteiger partial charge in [-0.3, -0.25) is 4.90 Å². The number of carbonyl (C=O) groups excluding carboxylic acids is 1. The van der Waals surface area contributed by atoms with Crippen molar-refractivity contribution in [1.82, 2.24) is 15.5 Å². The number of rotatable bonds is 10. The monoisotopic (exact) mass is 303 g/mol. The number of nitrogens with zero attached hydrogens (tertiary/aromatic N) is 1. The van der Waals surface area contributed by atoms with Gasteiger partial charge in [0, 0.05) is 45.3 Å². The van der Waals surface area contributed by atoms with Gasteiger partial charge in [0.1, 0.15) is 6.04 Å². The molecule has 0 saturated carbocycles. The Bertz CT molecular complexity index is 313. The molecule has 0 rings (SSSR count). The van der Waals surface area contributed by atoms with Gasteiger partial charge in [0.2, 0.25) is 0 Å². The van der Waals surface area contributed by atoms with Crippen molar-refractivity contribution in [3.63, 3.8) is 0 Å². The van der Waals surface area contributed by atoms with E-state index in [1.807, 2.05) is 0 Å². The van der Waals surface area contributed by atoms with Gasteiger partial charge in [-0.2, -0.15) is 0 Å². The van der Waals surface area contributed by atoms with E-state index >= 15 is 0 Å². The minimum atomic E-state index is -1.06. The van der Waals surface area contributed by atoms with E-state index in [0.29, 0.717) is 18.6 Å². The first-order valence-corrected chi connectivity index (χ1v) is 7.31. The van der Waals surface area contributed by atoms with Crippen LogP contribution < -0.4 is 10.6 Å². The average Bonchev–Trinajstić information content (AvgIpc) is 2.38. The first kappa shape index (κ1) is 19.7. The number of carbonyl (C=O) groups is 2. The number of nitrogens with one attached hydrogen (secondary N) is 2. The minimum absolute atomic E-state index is 0.239. The summed E-state index contributed by atoms with van der Waals surface area (Å²) in [6.07, 6.45) is 0.239. The Hall–Kier alpha value is -1.34. The van der Waals surface area contributed by atoms with Crippen molar-refractivity contribution in [3.05, 3.63) is 0 Å². The van der Waals surface area contributed by atoms with Crippen LogP contribution in [0.1, 0.15) is 34.1 Å². The minimum Gasteiger partial charge on any atom is -0.480 e. The van der Waals surface area contributed by atoms with E-state index in [1.165, 1.54) is 7.11 Å². The molecule has 0 heterocycles. The van der Waals surface area contributed by atoms with Crippen LogP contribution >= 0.6 is 0 Å². The average molecular weight is 303 g/mol. The summed E-state index contributed by atoms with van der Waals surface area (Å²) in [4.78, 5) is 24.9. The van der Waals surface area contributed by atoms with Gasteiger partial charge in [-0.1, -0.05) is 0 Å². The number of urea groups is 1. The van der Waals surface area contributed by atoms with Gasteiger partial charge in [0.25, 0.3) is 0 Å². The molecule has 21 heavy (non-hydrogen) atoms. The van der Waals surface area contributed by atoms with E-state index in [2.05, 4.69) is 43.2 Å². The first-order chi connectivity index (χ1) is 9.79. The van der Waals surface area contributed by atoms with Gasteiger partial charge < -0.3 is 20.5 Å². The molecule has 3 N–H and O–H groups in total. The molecule has 7 nitrogen and oxygen atoms in total. The second-order valence-electron chi connectivity index (χ2n) is 5.50.